The minimum atomic E-state index is -0.410. The Kier molecular flexibility index (Phi) is 4.02. The molecular weight excluding hydrogens is 231 g/mol. The fourth-order valence-corrected chi connectivity index (χ4v) is 1.58. The van der Waals surface area contributed by atoms with Crippen molar-refractivity contribution in [3.8, 4) is 0 Å². The van der Waals surface area contributed by atoms with E-state index in [2.05, 4.69) is 10.3 Å². The molecule has 1 N–H and O–H groups in total. The Bertz CT molecular complexity index is 528. The lowest BCUT2D eigenvalue weighted by molar-refractivity contribution is 0.0953. The average Bonchev–Trinajstić information content (AvgIpc) is 2.40. The molecule has 0 atom stereocenters. The van der Waals surface area contributed by atoms with Gasteiger partial charge in [-0.15, -0.1) is 0 Å². The van der Waals surface area contributed by atoms with Gasteiger partial charge in [-0.25, -0.2) is 4.39 Å². The first-order valence-electron chi connectivity index (χ1n) is 5.69. The zero-order valence-electron chi connectivity index (χ0n) is 9.77. The van der Waals surface area contributed by atoms with Gasteiger partial charge < -0.3 is 5.32 Å². The first-order chi connectivity index (χ1) is 8.75. The van der Waals surface area contributed by atoms with Crippen LogP contribution in [0, 0.1) is 5.82 Å². The van der Waals surface area contributed by atoms with E-state index in [1.165, 1.54) is 18.2 Å². The number of amides is 1. The highest BCUT2D eigenvalue weighted by atomic mass is 19.1. The molecule has 92 valence electrons. The smallest absolute Gasteiger partial charge is 0.251 e. The Morgan fingerprint density at radius 3 is 2.83 bits per heavy atom. The largest absolute Gasteiger partial charge is 0.352 e. The standard InChI is InChI=1S/C14H13FN2O/c15-12-5-3-4-11(10-12)14(18)17-9-7-13-6-1-2-8-16-13/h1-6,8,10H,7,9H2,(H,17,18). The molecule has 18 heavy (non-hydrogen) atoms. The Labute approximate surface area is 105 Å². The molecule has 1 amide bonds. The molecule has 2 rings (SSSR count). The fraction of sp³-hybridized carbons (Fsp3) is 0.143. The van der Waals surface area contributed by atoms with Gasteiger partial charge in [0.15, 0.2) is 0 Å². The van der Waals surface area contributed by atoms with E-state index in [9.17, 15) is 9.18 Å². The molecule has 0 radical (unpaired) electrons. The second kappa shape index (κ2) is 5.91. The van der Waals surface area contributed by atoms with Crippen LogP contribution in [0.15, 0.2) is 48.7 Å². The van der Waals surface area contributed by atoms with E-state index < -0.39 is 5.82 Å². The third-order valence-electron chi connectivity index (χ3n) is 2.48. The molecule has 0 fully saturated rings. The fourth-order valence-electron chi connectivity index (χ4n) is 1.58. The Hall–Kier alpha value is -2.23. The van der Waals surface area contributed by atoms with Gasteiger partial charge in [0.05, 0.1) is 0 Å². The highest BCUT2D eigenvalue weighted by molar-refractivity contribution is 5.94. The molecule has 1 aromatic carbocycles. The maximum atomic E-state index is 12.9. The van der Waals surface area contributed by atoms with Crippen LogP contribution in [0.25, 0.3) is 0 Å². The van der Waals surface area contributed by atoms with Crippen molar-refractivity contribution in [1.82, 2.24) is 10.3 Å². The van der Waals surface area contributed by atoms with Gasteiger partial charge in [-0.2, -0.15) is 0 Å². The molecule has 1 aromatic heterocycles. The summed E-state index contributed by atoms with van der Waals surface area (Å²) in [5.41, 5.74) is 1.24. The van der Waals surface area contributed by atoms with Gasteiger partial charge in [0.2, 0.25) is 0 Å². The molecule has 1 heterocycles. The summed E-state index contributed by atoms with van der Waals surface area (Å²) in [6.07, 6.45) is 2.37. The average molecular weight is 244 g/mol. The van der Waals surface area contributed by atoms with Gasteiger partial charge >= 0.3 is 0 Å². The van der Waals surface area contributed by atoms with Gasteiger partial charge in [-0.05, 0) is 30.3 Å². The van der Waals surface area contributed by atoms with E-state index in [1.807, 2.05) is 18.2 Å². The number of carbonyl (C=O) groups is 1. The maximum Gasteiger partial charge on any atom is 0.251 e. The molecule has 0 saturated heterocycles. The summed E-state index contributed by atoms with van der Waals surface area (Å²) in [6, 6.07) is 11.3. The van der Waals surface area contributed by atoms with Crippen LogP contribution in [0.5, 0.6) is 0 Å². The molecule has 0 saturated carbocycles. The Balaban J connectivity index is 1.86. The van der Waals surface area contributed by atoms with E-state index in [0.29, 0.717) is 18.5 Å². The number of halogens is 1. The first kappa shape index (κ1) is 12.2. The lowest BCUT2D eigenvalue weighted by Gasteiger charge is -2.04. The molecule has 0 spiro atoms. The van der Waals surface area contributed by atoms with Gasteiger partial charge in [-0.3, -0.25) is 9.78 Å². The number of nitrogens with one attached hydrogen (secondary N) is 1. The molecule has 2 aromatic rings. The molecule has 0 bridgehead atoms. The lowest BCUT2D eigenvalue weighted by atomic mass is 10.2. The second-order valence-corrected chi connectivity index (χ2v) is 3.84. The number of hydrogen-bond donors (Lipinski definition) is 1. The van der Waals surface area contributed by atoms with Crippen LogP contribution >= 0.6 is 0 Å². The van der Waals surface area contributed by atoms with Crippen LogP contribution in [0.1, 0.15) is 16.1 Å². The highest BCUT2D eigenvalue weighted by Gasteiger charge is 2.05. The molecular formula is C14H13FN2O. The van der Waals surface area contributed by atoms with Crippen molar-refractivity contribution in [2.75, 3.05) is 6.54 Å². The quantitative estimate of drug-likeness (QED) is 0.895. The lowest BCUT2D eigenvalue weighted by Crippen LogP contribution is -2.25. The number of aromatic nitrogens is 1. The molecule has 0 unspecified atom stereocenters. The number of rotatable bonds is 4. The SMILES string of the molecule is O=C(NCCc1ccccn1)c1cccc(F)c1. The second-order valence-electron chi connectivity index (χ2n) is 3.84. The van der Waals surface area contributed by atoms with Crippen LogP contribution in [0.4, 0.5) is 4.39 Å². The van der Waals surface area contributed by atoms with Crippen molar-refractivity contribution < 1.29 is 9.18 Å². The van der Waals surface area contributed by atoms with Gasteiger partial charge in [0.25, 0.3) is 5.91 Å². The summed E-state index contributed by atoms with van der Waals surface area (Å²) in [5, 5.41) is 2.73. The summed E-state index contributed by atoms with van der Waals surface area (Å²) < 4.78 is 12.9. The van der Waals surface area contributed by atoms with E-state index >= 15 is 0 Å². The van der Waals surface area contributed by atoms with Crippen molar-refractivity contribution in [1.29, 1.82) is 0 Å². The number of nitrogens with zero attached hydrogens (tertiary/aromatic N) is 1. The van der Waals surface area contributed by atoms with E-state index in [0.717, 1.165) is 5.69 Å². The predicted molar refractivity (Wildman–Crippen MR) is 66.7 cm³/mol. The topological polar surface area (TPSA) is 42.0 Å². The number of carbonyl (C=O) groups excluding carboxylic acids is 1. The van der Waals surface area contributed by atoms with Crippen LogP contribution in [-0.4, -0.2) is 17.4 Å². The Morgan fingerprint density at radius 1 is 1.22 bits per heavy atom. The maximum absolute atomic E-state index is 12.9. The van der Waals surface area contributed by atoms with Crippen molar-refractivity contribution in [2.45, 2.75) is 6.42 Å². The first-order valence-corrected chi connectivity index (χ1v) is 5.69. The van der Waals surface area contributed by atoms with Crippen LogP contribution < -0.4 is 5.32 Å². The Morgan fingerprint density at radius 2 is 2.11 bits per heavy atom. The monoisotopic (exact) mass is 244 g/mol. The summed E-state index contributed by atoms with van der Waals surface area (Å²) in [6.45, 7) is 0.479. The van der Waals surface area contributed by atoms with E-state index in [-0.39, 0.29) is 5.91 Å². The third kappa shape index (κ3) is 3.38. The van der Waals surface area contributed by atoms with E-state index in [1.54, 1.807) is 12.3 Å². The minimum Gasteiger partial charge on any atom is -0.352 e. The molecule has 0 aliphatic heterocycles. The number of pyridine rings is 1. The highest BCUT2D eigenvalue weighted by Crippen LogP contribution is 2.03. The number of hydrogen-bond acceptors (Lipinski definition) is 2. The van der Waals surface area contributed by atoms with Crippen LogP contribution in [0.3, 0.4) is 0 Å². The number of benzene rings is 1. The predicted octanol–water partition coefficient (Wildman–Crippen LogP) is 2.19. The van der Waals surface area contributed by atoms with Gasteiger partial charge in [0.1, 0.15) is 5.82 Å². The summed E-state index contributed by atoms with van der Waals surface area (Å²) >= 11 is 0. The molecule has 0 aliphatic rings. The van der Waals surface area contributed by atoms with Crippen molar-refractivity contribution in [2.24, 2.45) is 0 Å². The summed E-state index contributed by atoms with van der Waals surface area (Å²) in [4.78, 5) is 15.8. The normalized spacial score (nSPS) is 10.1. The third-order valence-corrected chi connectivity index (χ3v) is 2.48. The van der Waals surface area contributed by atoms with Gasteiger partial charge in [-0.1, -0.05) is 12.1 Å². The zero-order valence-corrected chi connectivity index (χ0v) is 9.77. The van der Waals surface area contributed by atoms with E-state index in [4.69, 9.17) is 0 Å². The summed E-state index contributed by atoms with van der Waals surface area (Å²) in [5.74, 6) is -0.683. The van der Waals surface area contributed by atoms with Crippen LogP contribution in [-0.2, 0) is 6.42 Å². The molecule has 4 heteroatoms. The van der Waals surface area contributed by atoms with Crippen LogP contribution in [0.2, 0.25) is 0 Å². The zero-order chi connectivity index (χ0) is 12.8. The van der Waals surface area contributed by atoms with Crippen molar-refractivity contribution in [3.05, 3.63) is 65.7 Å². The van der Waals surface area contributed by atoms with Gasteiger partial charge in [0, 0.05) is 30.4 Å². The molecule has 0 aliphatic carbocycles. The summed E-state index contributed by atoms with van der Waals surface area (Å²) in [7, 11) is 0. The van der Waals surface area contributed by atoms with Crippen molar-refractivity contribution >= 4 is 5.91 Å². The minimum absolute atomic E-state index is 0.273. The van der Waals surface area contributed by atoms with Crippen molar-refractivity contribution in [3.63, 3.8) is 0 Å². The molecule has 3 nitrogen and oxygen atoms in total.